The summed E-state index contributed by atoms with van der Waals surface area (Å²) < 4.78 is 3.05. The minimum absolute atomic E-state index is 0.126. The van der Waals surface area contributed by atoms with E-state index < -0.39 is 18.4 Å². The van der Waals surface area contributed by atoms with Gasteiger partial charge in [-0.2, -0.15) is 0 Å². The van der Waals surface area contributed by atoms with E-state index in [0.717, 1.165) is 11.1 Å². The zero-order valence-electron chi connectivity index (χ0n) is 12.9. The van der Waals surface area contributed by atoms with Crippen molar-refractivity contribution in [1.29, 1.82) is 0 Å². The fraction of sp³-hybridized carbons (Fsp3) is 0.250. The molecule has 0 unspecified atom stereocenters. The van der Waals surface area contributed by atoms with Crippen molar-refractivity contribution >= 4 is 44.7 Å². The molecule has 1 N–H and O–H groups in total. The van der Waals surface area contributed by atoms with E-state index in [0.29, 0.717) is 17.2 Å². The molecule has 0 fully saturated rings. The van der Waals surface area contributed by atoms with Crippen LogP contribution < -0.4 is 9.27 Å². The van der Waals surface area contributed by atoms with Crippen molar-refractivity contribution in [3.63, 3.8) is 0 Å². The van der Waals surface area contributed by atoms with E-state index in [2.05, 4.69) is 30.9 Å². The summed E-state index contributed by atoms with van der Waals surface area (Å²) in [6, 6.07) is 9.69. The first-order valence-electron chi connectivity index (χ1n) is 7.18. The van der Waals surface area contributed by atoms with Crippen LogP contribution in [0, 0.1) is 0 Å². The number of nitrogens with zero attached hydrogens (tertiary/aromatic N) is 2. The number of aromatic amines is 1. The van der Waals surface area contributed by atoms with Gasteiger partial charge in [0.15, 0.2) is 0 Å². The Morgan fingerprint density at radius 2 is 1.91 bits per heavy atom. The summed E-state index contributed by atoms with van der Waals surface area (Å²) in [7, 11) is 0. The maximum atomic E-state index is 12.2. The van der Waals surface area contributed by atoms with Crippen LogP contribution in [-0.4, -0.2) is 32.9 Å². The molecular formula is C16H18ClN3OSn. The third-order valence-electron chi connectivity index (χ3n) is 3.75. The zero-order chi connectivity index (χ0) is 15.9. The van der Waals surface area contributed by atoms with Crippen LogP contribution in [0.5, 0.6) is 0 Å². The van der Waals surface area contributed by atoms with Crippen LogP contribution in [0.4, 0.5) is 0 Å². The van der Waals surface area contributed by atoms with Gasteiger partial charge >= 0.3 is 138 Å². The number of halogens is 1. The van der Waals surface area contributed by atoms with Gasteiger partial charge in [0.1, 0.15) is 0 Å². The van der Waals surface area contributed by atoms with Crippen LogP contribution in [0.2, 0.25) is 19.8 Å². The fourth-order valence-electron chi connectivity index (χ4n) is 2.37. The Morgan fingerprint density at radius 1 is 1.23 bits per heavy atom. The van der Waals surface area contributed by atoms with Gasteiger partial charge in [-0.25, -0.2) is 0 Å². The van der Waals surface area contributed by atoms with Gasteiger partial charge in [-0.3, -0.25) is 0 Å². The van der Waals surface area contributed by atoms with Crippen molar-refractivity contribution in [3.05, 3.63) is 57.6 Å². The van der Waals surface area contributed by atoms with Crippen LogP contribution in [-0.2, 0) is 6.54 Å². The quantitative estimate of drug-likeness (QED) is 0.660. The number of aromatic nitrogens is 3. The molecule has 0 aliphatic rings. The van der Waals surface area contributed by atoms with E-state index in [1.54, 1.807) is 4.57 Å². The van der Waals surface area contributed by atoms with Gasteiger partial charge in [-0.15, -0.1) is 0 Å². The van der Waals surface area contributed by atoms with Gasteiger partial charge in [0, 0.05) is 0 Å². The molecule has 22 heavy (non-hydrogen) atoms. The van der Waals surface area contributed by atoms with Crippen molar-refractivity contribution in [2.24, 2.45) is 0 Å². The predicted molar refractivity (Wildman–Crippen MR) is 93.9 cm³/mol. The van der Waals surface area contributed by atoms with E-state index in [9.17, 15) is 4.79 Å². The summed E-state index contributed by atoms with van der Waals surface area (Å²) in [6.07, 6.45) is 1.92. The second-order valence-electron chi connectivity index (χ2n) is 6.48. The molecular weight excluding hydrogens is 404 g/mol. The molecule has 3 aromatic rings. The summed E-state index contributed by atoms with van der Waals surface area (Å²) in [5, 5.41) is 0.695. The Labute approximate surface area is 138 Å². The van der Waals surface area contributed by atoms with Crippen molar-refractivity contribution < 1.29 is 0 Å². The van der Waals surface area contributed by atoms with Gasteiger partial charge in [-0.05, 0) is 0 Å². The van der Waals surface area contributed by atoms with Crippen molar-refractivity contribution in [2.45, 2.75) is 21.4 Å². The van der Waals surface area contributed by atoms with Crippen molar-refractivity contribution in [1.82, 2.24) is 14.5 Å². The van der Waals surface area contributed by atoms with Crippen LogP contribution in [0.15, 0.2) is 41.3 Å². The first-order valence-corrected chi connectivity index (χ1v) is 17.5. The third kappa shape index (κ3) is 3.08. The summed E-state index contributed by atoms with van der Waals surface area (Å²) in [4.78, 5) is 26.5. The summed E-state index contributed by atoms with van der Waals surface area (Å²) in [5.74, 6) is 0. The number of rotatable bonds is 3. The molecule has 114 valence electrons. The molecule has 2 heterocycles. The molecule has 1 aromatic carbocycles. The molecule has 0 aliphatic carbocycles. The number of imidazole rings is 1. The summed E-state index contributed by atoms with van der Waals surface area (Å²) >= 11 is 3.69. The Bertz CT molecular complexity index is 875. The number of benzene rings is 1. The molecule has 0 aliphatic heterocycles. The Kier molecular flexibility index (Phi) is 4.07. The van der Waals surface area contributed by atoms with Crippen LogP contribution in [0.1, 0.15) is 5.56 Å². The average molecular weight is 423 g/mol. The summed E-state index contributed by atoms with van der Waals surface area (Å²) in [6.45, 7) is 0.515. The van der Waals surface area contributed by atoms with Gasteiger partial charge in [-0.1, -0.05) is 0 Å². The van der Waals surface area contributed by atoms with Crippen LogP contribution in [0.3, 0.4) is 0 Å². The normalized spacial score (nSPS) is 12.0. The fourth-order valence-corrected chi connectivity index (χ4v) is 5.41. The molecule has 0 atom stereocenters. The number of hydrogen-bond acceptors (Lipinski definition) is 2. The topological polar surface area (TPSA) is 50.7 Å². The number of pyridine rings is 1. The number of nitrogens with one attached hydrogen (secondary N) is 1. The van der Waals surface area contributed by atoms with E-state index in [1.165, 1.54) is 3.58 Å². The van der Waals surface area contributed by atoms with Crippen molar-refractivity contribution in [3.8, 4) is 0 Å². The summed E-state index contributed by atoms with van der Waals surface area (Å²) in [5.41, 5.74) is 2.44. The maximum absolute atomic E-state index is 12.2. The molecule has 0 amide bonds. The molecule has 0 saturated carbocycles. The monoisotopic (exact) mass is 423 g/mol. The van der Waals surface area contributed by atoms with Gasteiger partial charge in [0.05, 0.1) is 0 Å². The Morgan fingerprint density at radius 3 is 2.55 bits per heavy atom. The standard InChI is InChI=1S/C13H9ClN3O.3CH3.Sn/c14-10-5-3-9(4-6-10)8-17-11-2-1-7-15-12(11)16-13(17)18;;;;/h2-7H,8H2,(H,15,16,18);3*1H3;. The van der Waals surface area contributed by atoms with E-state index in [-0.39, 0.29) is 5.69 Å². The molecule has 0 saturated heterocycles. The Hall–Kier alpha value is -1.27. The van der Waals surface area contributed by atoms with Gasteiger partial charge in [0.2, 0.25) is 0 Å². The first kappa shape index (κ1) is 15.6. The second kappa shape index (κ2) is 5.74. The van der Waals surface area contributed by atoms with E-state index in [4.69, 9.17) is 11.6 Å². The average Bonchev–Trinajstić information content (AvgIpc) is 2.76. The molecule has 4 nitrogen and oxygen atoms in total. The van der Waals surface area contributed by atoms with Crippen molar-refractivity contribution in [2.75, 3.05) is 0 Å². The molecule has 0 bridgehead atoms. The number of H-pyrrole nitrogens is 1. The van der Waals surface area contributed by atoms with Gasteiger partial charge in [0.25, 0.3) is 0 Å². The molecule has 0 radical (unpaired) electrons. The van der Waals surface area contributed by atoms with E-state index >= 15 is 0 Å². The Balaban J connectivity index is 2.10. The molecule has 3 rings (SSSR count). The number of hydrogen-bond donors (Lipinski definition) is 1. The zero-order valence-corrected chi connectivity index (χ0v) is 16.5. The van der Waals surface area contributed by atoms with Crippen LogP contribution in [0.25, 0.3) is 11.2 Å². The third-order valence-corrected chi connectivity index (χ3v) is 9.72. The van der Waals surface area contributed by atoms with Gasteiger partial charge < -0.3 is 0 Å². The van der Waals surface area contributed by atoms with E-state index in [1.807, 2.05) is 30.5 Å². The number of fused-ring (bicyclic) bond motifs is 1. The predicted octanol–water partition coefficient (Wildman–Crippen LogP) is 2.97. The SMILES string of the molecule is [CH3][Sn]([CH3])([CH3])[c]1cnc2[nH]c(=O)n(Cc3ccc(Cl)cc3)c2c1. The van der Waals surface area contributed by atoms with Crippen LogP contribution >= 0.6 is 11.6 Å². The minimum atomic E-state index is -2.22. The molecule has 0 spiro atoms. The second-order valence-corrected chi connectivity index (χ2v) is 21.4. The molecule has 2 aromatic heterocycles. The first-order chi connectivity index (χ1) is 10.3. The molecule has 6 heteroatoms.